The Morgan fingerprint density at radius 1 is 1.40 bits per heavy atom. The van der Waals surface area contributed by atoms with Gasteiger partial charge in [0.15, 0.2) is 0 Å². The van der Waals surface area contributed by atoms with E-state index in [2.05, 4.69) is 20.8 Å². The highest BCUT2D eigenvalue weighted by Gasteiger charge is 2.50. The molecule has 2 nitrogen and oxygen atoms in total. The molecule has 1 amide bonds. The molecule has 15 heavy (non-hydrogen) atoms. The van der Waals surface area contributed by atoms with Crippen LogP contribution < -0.4 is 0 Å². The molecule has 2 bridgehead atoms. The Bertz CT molecular complexity index is 289. The van der Waals surface area contributed by atoms with Crippen LogP contribution in [0, 0.1) is 10.8 Å². The van der Waals surface area contributed by atoms with E-state index < -0.39 is 0 Å². The summed E-state index contributed by atoms with van der Waals surface area (Å²) in [7, 11) is 0. The minimum absolute atomic E-state index is 0.114. The second-order valence-corrected chi connectivity index (χ2v) is 6.64. The number of carbonyl (C=O) groups is 1. The Kier molecular flexibility index (Phi) is 2.53. The number of hydrogen-bond acceptors (Lipinski definition) is 1. The number of carbonyl (C=O) groups excluding carboxylic acids is 1. The van der Waals surface area contributed by atoms with Gasteiger partial charge in [-0.15, -0.1) is 11.6 Å². The van der Waals surface area contributed by atoms with Crippen LogP contribution in [0.4, 0.5) is 0 Å². The van der Waals surface area contributed by atoms with E-state index in [-0.39, 0.29) is 11.8 Å². The summed E-state index contributed by atoms with van der Waals surface area (Å²) in [6.45, 7) is 7.84. The minimum atomic E-state index is 0.114. The summed E-state index contributed by atoms with van der Waals surface area (Å²) in [5, 5.41) is 0. The van der Waals surface area contributed by atoms with E-state index in [1.165, 1.54) is 12.8 Å². The van der Waals surface area contributed by atoms with Crippen molar-refractivity contribution < 1.29 is 4.79 Å². The monoisotopic (exact) mass is 229 g/mol. The summed E-state index contributed by atoms with van der Waals surface area (Å²) in [5.74, 6) is 0.246. The lowest BCUT2D eigenvalue weighted by Crippen LogP contribution is -2.38. The molecule has 1 aliphatic heterocycles. The molecular weight excluding hydrogens is 210 g/mol. The number of hydrogen-bond donors (Lipinski definition) is 0. The molecule has 3 heteroatoms. The largest absolute Gasteiger partial charge is 0.338 e. The lowest BCUT2D eigenvalue weighted by atomic mass is 9.65. The topological polar surface area (TPSA) is 20.3 Å². The maximum atomic E-state index is 11.7. The molecule has 1 saturated heterocycles. The summed E-state index contributed by atoms with van der Waals surface area (Å²) in [6, 6.07) is 0.435. The van der Waals surface area contributed by atoms with E-state index in [9.17, 15) is 4.79 Å². The third-order valence-electron chi connectivity index (χ3n) is 3.85. The van der Waals surface area contributed by atoms with Gasteiger partial charge in [0.2, 0.25) is 5.91 Å². The van der Waals surface area contributed by atoms with Crippen LogP contribution in [0.1, 0.15) is 40.0 Å². The minimum Gasteiger partial charge on any atom is -0.338 e. The molecule has 2 atom stereocenters. The highest BCUT2D eigenvalue weighted by atomic mass is 35.5. The van der Waals surface area contributed by atoms with Crippen LogP contribution in [0.3, 0.4) is 0 Å². The Balaban J connectivity index is 2.20. The first-order valence-corrected chi connectivity index (χ1v) is 6.24. The second kappa shape index (κ2) is 3.38. The van der Waals surface area contributed by atoms with E-state index in [0.717, 1.165) is 13.0 Å². The van der Waals surface area contributed by atoms with E-state index >= 15 is 0 Å². The van der Waals surface area contributed by atoms with Crippen LogP contribution in [0.15, 0.2) is 0 Å². The Morgan fingerprint density at radius 2 is 2.07 bits per heavy atom. The van der Waals surface area contributed by atoms with Crippen molar-refractivity contribution in [1.29, 1.82) is 0 Å². The van der Waals surface area contributed by atoms with Crippen molar-refractivity contribution in [3.8, 4) is 0 Å². The van der Waals surface area contributed by atoms with E-state index in [0.29, 0.717) is 16.9 Å². The Morgan fingerprint density at radius 3 is 2.67 bits per heavy atom. The molecular formula is C12H20ClNO. The lowest BCUT2D eigenvalue weighted by Gasteiger charge is -2.39. The summed E-state index contributed by atoms with van der Waals surface area (Å²) in [4.78, 5) is 13.7. The van der Waals surface area contributed by atoms with Crippen molar-refractivity contribution in [2.45, 2.75) is 46.1 Å². The fraction of sp³-hybridized carbons (Fsp3) is 0.917. The van der Waals surface area contributed by atoms with Crippen LogP contribution in [0.2, 0.25) is 0 Å². The molecule has 86 valence electrons. The van der Waals surface area contributed by atoms with Gasteiger partial charge in [0, 0.05) is 12.6 Å². The number of likely N-dealkylation sites (tertiary alicyclic amines) is 1. The first kappa shape index (κ1) is 11.3. The van der Waals surface area contributed by atoms with E-state index in [1.54, 1.807) is 0 Å². The molecule has 2 aliphatic rings. The molecule has 0 N–H and O–H groups in total. The lowest BCUT2D eigenvalue weighted by molar-refractivity contribution is -0.129. The molecule has 0 aromatic carbocycles. The van der Waals surface area contributed by atoms with Gasteiger partial charge in [-0.05, 0) is 30.1 Å². The summed E-state index contributed by atoms with van der Waals surface area (Å²) >= 11 is 5.65. The molecule has 0 spiro atoms. The van der Waals surface area contributed by atoms with Gasteiger partial charge in [-0.1, -0.05) is 20.8 Å². The number of fused-ring (bicyclic) bond motifs is 2. The number of amides is 1. The molecule has 0 aromatic heterocycles. The van der Waals surface area contributed by atoms with Gasteiger partial charge < -0.3 is 4.90 Å². The predicted molar refractivity (Wildman–Crippen MR) is 62.0 cm³/mol. The van der Waals surface area contributed by atoms with Gasteiger partial charge in [-0.25, -0.2) is 0 Å². The SMILES string of the molecule is CC1(C)C[C@@H]2C[C@](C)(CN2C(=O)CCl)C1. The van der Waals surface area contributed by atoms with Crippen molar-refractivity contribution in [3.63, 3.8) is 0 Å². The molecule has 2 fully saturated rings. The molecule has 0 radical (unpaired) electrons. The average molecular weight is 230 g/mol. The fourth-order valence-corrected chi connectivity index (χ4v) is 3.98. The molecule has 1 heterocycles. The first-order chi connectivity index (χ1) is 6.85. The normalized spacial score (nSPS) is 38.1. The van der Waals surface area contributed by atoms with E-state index in [4.69, 9.17) is 11.6 Å². The van der Waals surface area contributed by atoms with Gasteiger partial charge in [0.1, 0.15) is 5.88 Å². The van der Waals surface area contributed by atoms with Gasteiger partial charge in [-0.2, -0.15) is 0 Å². The smallest absolute Gasteiger partial charge is 0.237 e. The van der Waals surface area contributed by atoms with Crippen LogP contribution >= 0.6 is 11.6 Å². The van der Waals surface area contributed by atoms with Crippen LogP contribution in [-0.4, -0.2) is 29.3 Å². The third kappa shape index (κ3) is 2.01. The number of rotatable bonds is 1. The zero-order valence-electron chi connectivity index (χ0n) is 9.85. The van der Waals surface area contributed by atoms with Crippen molar-refractivity contribution in [1.82, 2.24) is 4.90 Å². The quantitative estimate of drug-likeness (QED) is 0.633. The maximum absolute atomic E-state index is 11.7. The van der Waals surface area contributed by atoms with Crippen LogP contribution in [-0.2, 0) is 4.79 Å². The highest BCUT2D eigenvalue weighted by molar-refractivity contribution is 6.27. The molecule has 1 saturated carbocycles. The standard InChI is InChI=1S/C12H20ClNO/c1-11(2)4-9-5-12(3,7-11)8-14(9)10(15)6-13/h9H,4-8H2,1-3H3/t9-,12+/m1/s1. The third-order valence-corrected chi connectivity index (χ3v) is 4.08. The number of halogens is 1. The van der Waals surface area contributed by atoms with Crippen molar-refractivity contribution in [2.75, 3.05) is 12.4 Å². The second-order valence-electron chi connectivity index (χ2n) is 6.37. The van der Waals surface area contributed by atoms with Crippen molar-refractivity contribution >= 4 is 17.5 Å². The van der Waals surface area contributed by atoms with Crippen LogP contribution in [0.25, 0.3) is 0 Å². The van der Waals surface area contributed by atoms with Crippen LogP contribution in [0.5, 0.6) is 0 Å². The van der Waals surface area contributed by atoms with Gasteiger partial charge in [0.25, 0.3) is 0 Å². The first-order valence-electron chi connectivity index (χ1n) is 5.71. The number of nitrogens with zero attached hydrogens (tertiary/aromatic N) is 1. The van der Waals surface area contributed by atoms with Gasteiger partial charge in [-0.3, -0.25) is 4.79 Å². The van der Waals surface area contributed by atoms with Crippen molar-refractivity contribution in [3.05, 3.63) is 0 Å². The maximum Gasteiger partial charge on any atom is 0.237 e. The fourth-order valence-electron chi connectivity index (χ4n) is 3.83. The summed E-state index contributed by atoms with van der Waals surface area (Å²) in [5.41, 5.74) is 0.702. The predicted octanol–water partition coefficient (Wildman–Crippen LogP) is 2.65. The molecule has 0 unspecified atom stereocenters. The Labute approximate surface area is 97.0 Å². The Hall–Kier alpha value is -0.240. The zero-order valence-corrected chi connectivity index (χ0v) is 10.6. The van der Waals surface area contributed by atoms with Crippen molar-refractivity contribution in [2.24, 2.45) is 10.8 Å². The average Bonchev–Trinajstić information content (AvgIpc) is 2.33. The van der Waals surface area contributed by atoms with Gasteiger partial charge >= 0.3 is 0 Å². The zero-order chi connectivity index (χ0) is 11.3. The summed E-state index contributed by atoms with van der Waals surface area (Å²) < 4.78 is 0. The summed E-state index contributed by atoms with van der Waals surface area (Å²) in [6.07, 6.45) is 3.52. The molecule has 2 rings (SSSR count). The van der Waals surface area contributed by atoms with E-state index in [1.807, 2.05) is 4.90 Å². The molecule has 1 aliphatic carbocycles. The number of alkyl halides is 1. The highest BCUT2D eigenvalue weighted by Crippen LogP contribution is 2.52. The molecule has 0 aromatic rings. The van der Waals surface area contributed by atoms with Gasteiger partial charge in [0.05, 0.1) is 0 Å².